The number of amides is 1. The fraction of sp³-hybridized carbons (Fsp3) is 0.235. The van der Waals surface area contributed by atoms with Crippen molar-refractivity contribution in [1.82, 2.24) is 4.90 Å². The second-order valence-electron chi connectivity index (χ2n) is 5.59. The number of carbonyl (C=O) groups excluding carboxylic acids is 1. The summed E-state index contributed by atoms with van der Waals surface area (Å²) in [5, 5.41) is 3.52. The molecule has 1 atom stereocenters. The lowest BCUT2D eigenvalue weighted by atomic mass is 10.0. The molecule has 0 radical (unpaired) electrons. The molecule has 4 rings (SSSR count). The van der Waals surface area contributed by atoms with Crippen LogP contribution in [0.15, 0.2) is 53.0 Å². The fourth-order valence-electron chi connectivity index (χ4n) is 2.89. The van der Waals surface area contributed by atoms with Crippen LogP contribution in [0.4, 0.5) is 5.69 Å². The Labute approximate surface area is 132 Å². The summed E-state index contributed by atoms with van der Waals surface area (Å²) in [7, 11) is 0. The van der Waals surface area contributed by atoms with Gasteiger partial charge in [-0.3, -0.25) is 4.79 Å². The number of carbonyl (C=O) groups is 1. The lowest BCUT2D eigenvalue weighted by molar-refractivity contribution is 0.0666. The van der Waals surface area contributed by atoms with Gasteiger partial charge in [0, 0.05) is 16.2 Å². The molecule has 2 aromatic rings. The minimum atomic E-state index is -0.0759. The number of rotatable bonds is 2. The van der Waals surface area contributed by atoms with Crippen molar-refractivity contribution >= 4 is 27.5 Å². The minimum absolute atomic E-state index is 0.0759. The molecule has 1 saturated carbocycles. The van der Waals surface area contributed by atoms with Crippen molar-refractivity contribution in [2.75, 3.05) is 5.32 Å². The molecule has 2 aliphatic rings. The van der Waals surface area contributed by atoms with Crippen LogP contribution in [0, 0.1) is 0 Å². The maximum atomic E-state index is 12.8. The first-order valence-corrected chi connectivity index (χ1v) is 7.97. The van der Waals surface area contributed by atoms with Crippen LogP contribution in [0.25, 0.3) is 0 Å². The Balaban J connectivity index is 1.78. The summed E-state index contributed by atoms with van der Waals surface area (Å²) in [5.41, 5.74) is 2.82. The summed E-state index contributed by atoms with van der Waals surface area (Å²) in [6, 6.07) is 16.3. The molecule has 1 fully saturated rings. The standard InChI is InChI=1S/C17H15BrN2O/c18-12-7-5-11(6-8-12)16-19-15-4-2-1-3-14(15)17(21)20(16)13-9-10-13/h1-8,13,16,19H,9-10H2/t16-/m1/s1. The third-order valence-electron chi connectivity index (χ3n) is 4.09. The SMILES string of the molecule is O=C1c2ccccc2N[C@@H](c2ccc(Br)cc2)N1C1CC1. The number of nitrogens with zero attached hydrogens (tertiary/aromatic N) is 1. The van der Waals surface area contributed by atoms with Crippen molar-refractivity contribution in [2.24, 2.45) is 0 Å². The molecule has 106 valence electrons. The maximum absolute atomic E-state index is 12.8. The van der Waals surface area contributed by atoms with Gasteiger partial charge in [-0.05, 0) is 42.7 Å². The average molecular weight is 343 g/mol. The van der Waals surface area contributed by atoms with Gasteiger partial charge in [0.25, 0.3) is 5.91 Å². The molecule has 0 unspecified atom stereocenters. The van der Waals surface area contributed by atoms with Crippen LogP contribution in [0.5, 0.6) is 0 Å². The van der Waals surface area contributed by atoms with Crippen LogP contribution >= 0.6 is 15.9 Å². The number of hydrogen-bond donors (Lipinski definition) is 1. The zero-order chi connectivity index (χ0) is 14.4. The van der Waals surface area contributed by atoms with E-state index in [1.807, 2.05) is 41.3 Å². The number of benzene rings is 2. The highest BCUT2D eigenvalue weighted by Gasteiger charge is 2.41. The van der Waals surface area contributed by atoms with E-state index in [1.54, 1.807) is 0 Å². The van der Waals surface area contributed by atoms with E-state index in [1.165, 1.54) is 0 Å². The monoisotopic (exact) mass is 342 g/mol. The molecule has 0 saturated heterocycles. The van der Waals surface area contributed by atoms with E-state index in [4.69, 9.17) is 0 Å². The van der Waals surface area contributed by atoms with Gasteiger partial charge in [-0.2, -0.15) is 0 Å². The molecular weight excluding hydrogens is 328 g/mol. The summed E-state index contributed by atoms with van der Waals surface area (Å²) < 4.78 is 1.05. The van der Waals surface area contributed by atoms with Crippen molar-refractivity contribution in [3.8, 4) is 0 Å². The first-order valence-electron chi connectivity index (χ1n) is 7.18. The van der Waals surface area contributed by atoms with Crippen LogP contribution < -0.4 is 5.32 Å². The molecule has 21 heavy (non-hydrogen) atoms. The number of para-hydroxylation sites is 1. The molecule has 2 aromatic carbocycles. The van der Waals surface area contributed by atoms with Gasteiger partial charge in [-0.25, -0.2) is 0 Å². The predicted molar refractivity (Wildman–Crippen MR) is 86.1 cm³/mol. The molecule has 1 amide bonds. The van der Waals surface area contributed by atoms with Crippen LogP contribution in [0.2, 0.25) is 0 Å². The van der Waals surface area contributed by atoms with E-state index in [0.717, 1.165) is 34.1 Å². The summed E-state index contributed by atoms with van der Waals surface area (Å²) >= 11 is 3.46. The van der Waals surface area contributed by atoms with E-state index >= 15 is 0 Å². The topological polar surface area (TPSA) is 32.3 Å². The Morgan fingerprint density at radius 1 is 1.05 bits per heavy atom. The van der Waals surface area contributed by atoms with Crippen molar-refractivity contribution in [2.45, 2.75) is 25.0 Å². The van der Waals surface area contributed by atoms with Gasteiger partial charge in [-0.1, -0.05) is 40.2 Å². The van der Waals surface area contributed by atoms with E-state index in [-0.39, 0.29) is 12.1 Å². The molecule has 1 heterocycles. The van der Waals surface area contributed by atoms with Gasteiger partial charge in [0.1, 0.15) is 6.17 Å². The summed E-state index contributed by atoms with van der Waals surface area (Å²) in [6.45, 7) is 0. The van der Waals surface area contributed by atoms with Crippen molar-refractivity contribution in [3.63, 3.8) is 0 Å². The molecule has 1 N–H and O–H groups in total. The first-order chi connectivity index (χ1) is 10.2. The Morgan fingerprint density at radius 2 is 1.76 bits per heavy atom. The Bertz CT molecular complexity index is 694. The number of fused-ring (bicyclic) bond motifs is 1. The Morgan fingerprint density at radius 3 is 2.48 bits per heavy atom. The van der Waals surface area contributed by atoms with Crippen molar-refractivity contribution < 1.29 is 4.79 Å². The number of anilines is 1. The lowest BCUT2D eigenvalue weighted by Gasteiger charge is -2.38. The summed E-state index contributed by atoms with van der Waals surface area (Å²) in [6.07, 6.45) is 2.12. The van der Waals surface area contributed by atoms with Gasteiger partial charge in [0.2, 0.25) is 0 Å². The molecule has 4 heteroatoms. The van der Waals surface area contributed by atoms with Crippen LogP contribution in [0.1, 0.15) is 34.9 Å². The number of halogens is 1. The lowest BCUT2D eigenvalue weighted by Crippen LogP contribution is -2.44. The van der Waals surface area contributed by atoms with Crippen molar-refractivity contribution in [3.05, 3.63) is 64.1 Å². The normalized spacial score (nSPS) is 20.9. The van der Waals surface area contributed by atoms with E-state index in [0.29, 0.717) is 6.04 Å². The second-order valence-corrected chi connectivity index (χ2v) is 6.50. The zero-order valence-corrected chi connectivity index (χ0v) is 13.0. The van der Waals surface area contributed by atoms with E-state index in [2.05, 4.69) is 33.4 Å². The van der Waals surface area contributed by atoms with Crippen molar-refractivity contribution in [1.29, 1.82) is 0 Å². The molecule has 0 spiro atoms. The van der Waals surface area contributed by atoms with Gasteiger partial charge in [0.15, 0.2) is 0 Å². The van der Waals surface area contributed by atoms with Gasteiger partial charge in [0.05, 0.1) is 5.56 Å². The Hall–Kier alpha value is -1.81. The quantitative estimate of drug-likeness (QED) is 0.887. The van der Waals surface area contributed by atoms with Gasteiger partial charge in [-0.15, -0.1) is 0 Å². The third kappa shape index (κ3) is 2.23. The number of hydrogen-bond acceptors (Lipinski definition) is 2. The fourth-order valence-corrected chi connectivity index (χ4v) is 3.15. The first kappa shape index (κ1) is 12.9. The van der Waals surface area contributed by atoms with Crippen LogP contribution in [-0.4, -0.2) is 16.8 Å². The highest BCUT2D eigenvalue weighted by molar-refractivity contribution is 9.10. The largest absolute Gasteiger partial charge is 0.361 e. The zero-order valence-electron chi connectivity index (χ0n) is 11.4. The Kier molecular flexibility index (Phi) is 3.00. The molecular formula is C17H15BrN2O. The van der Waals surface area contributed by atoms with Gasteiger partial charge >= 0.3 is 0 Å². The van der Waals surface area contributed by atoms with E-state index < -0.39 is 0 Å². The smallest absolute Gasteiger partial charge is 0.258 e. The molecule has 0 bridgehead atoms. The second kappa shape index (κ2) is 4.88. The highest BCUT2D eigenvalue weighted by Crippen LogP contribution is 2.40. The van der Waals surface area contributed by atoms with Gasteiger partial charge < -0.3 is 10.2 Å². The number of nitrogens with one attached hydrogen (secondary N) is 1. The average Bonchev–Trinajstić information content (AvgIpc) is 3.32. The third-order valence-corrected chi connectivity index (χ3v) is 4.62. The molecule has 3 nitrogen and oxygen atoms in total. The predicted octanol–water partition coefficient (Wildman–Crippen LogP) is 4.18. The summed E-state index contributed by atoms with van der Waals surface area (Å²) in [4.78, 5) is 14.8. The van der Waals surface area contributed by atoms with E-state index in [9.17, 15) is 4.79 Å². The maximum Gasteiger partial charge on any atom is 0.258 e. The minimum Gasteiger partial charge on any atom is -0.361 e. The highest BCUT2D eigenvalue weighted by atomic mass is 79.9. The molecule has 1 aliphatic heterocycles. The van der Waals surface area contributed by atoms with Crippen LogP contribution in [0.3, 0.4) is 0 Å². The molecule has 1 aliphatic carbocycles. The van der Waals surface area contributed by atoms with Crippen LogP contribution in [-0.2, 0) is 0 Å². The molecule has 0 aromatic heterocycles. The summed E-state index contributed by atoms with van der Waals surface area (Å²) in [5.74, 6) is 0.139.